The second-order valence-corrected chi connectivity index (χ2v) is 8.79. The van der Waals surface area contributed by atoms with Gasteiger partial charge in [-0.3, -0.25) is 15.0 Å². The van der Waals surface area contributed by atoms with Crippen molar-refractivity contribution in [3.8, 4) is 0 Å². The number of hydrogen-bond donors (Lipinski definition) is 2. The SMILES string of the molecule is CC(C)n1ncc2c(C(=O)NN3C(=O)N[C@@](C)(c4ccccc4)C3=O)cc(C3CC3)nc21. The van der Waals surface area contributed by atoms with E-state index in [2.05, 4.69) is 15.8 Å². The Morgan fingerprint density at radius 1 is 1.22 bits per heavy atom. The van der Waals surface area contributed by atoms with Gasteiger partial charge in [-0.05, 0) is 45.2 Å². The summed E-state index contributed by atoms with van der Waals surface area (Å²) in [5.41, 5.74) is 3.68. The molecule has 2 fully saturated rings. The summed E-state index contributed by atoms with van der Waals surface area (Å²) in [4.78, 5) is 43.8. The molecule has 5 rings (SSSR count). The fraction of sp³-hybridized carbons (Fsp3) is 0.348. The largest absolute Gasteiger partial charge is 0.344 e. The highest BCUT2D eigenvalue weighted by molar-refractivity contribution is 6.11. The number of aromatic nitrogens is 3. The number of rotatable bonds is 5. The average Bonchev–Trinajstić information content (AvgIpc) is 3.50. The van der Waals surface area contributed by atoms with Crippen LogP contribution in [0.3, 0.4) is 0 Å². The van der Waals surface area contributed by atoms with Crippen molar-refractivity contribution in [3.63, 3.8) is 0 Å². The Balaban J connectivity index is 1.49. The monoisotopic (exact) mass is 432 g/mol. The molecule has 0 radical (unpaired) electrons. The molecule has 0 spiro atoms. The van der Waals surface area contributed by atoms with Crippen molar-refractivity contribution in [1.29, 1.82) is 0 Å². The van der Waals surface area contributed by atoms with Gasteiger partial charge in [-0.2, -0.15) is 10.1 Å². The molecule has 1 saturated carbocycles. The third kappa shape index (κ3) is 3.12. The lowest BCUT2D eigenvalue weighted by molar-refractivity contribution is -0.132. The maximum atomic E-state index is 13.3. The first-order valence-electron chi connectivity index (χ1n) is 10.7. The molecule has 0 unspecified atom stereocenters. The van der Waals surface area contributed by atoms with E-state index in [-0.39, 0.29) is 6.04 Å². The molecule has 4 amide bonds. The highest BCUT2D eigenvalue weighted by Crippen LogP contribution is 2.40. The molecule has 2 N–H and O–H groups in total. The van der Waals surface area contributed by atoms with E-state index in [1.807, 2.05) is 19.9 Å². The van der Waals surface area contributed by atoms with Gasteiger partial charge in [-0.15, -0.1) is 0 Å². The topological polar surface area (TPSA) is 109 Å². The molecule has 1 aliphatic heterocycles. The van der Waals surface area contributed by atoms with Gasteiger partial charge in [0, 0.05) is 17.7 Å². The predicted octanol–water partition coefficient (Wildman–Crippen LogP) is 3.00. The van der Waals surface area contributed by atoms with Crippen LogP contribution in [-0.2, 0) is 10.3 Å². The lowest BCUT2D eigenvalue weighted by Gasteiger charge is -2.22. The van der Waals surface area contributed by atoms with Gasteiger partial charge in [0.25, 0.3) is 11.8 Å². The normalized spacial score (nSPS) is 20.8. The molecular weight excluding hydrogens is 408 g/mol. The summed E-state index contributed by atoms with van der Waals surface area (Å²) < 4.78 is 1.78. The summed E-state index contributed by atoms with van der Waals surface area (Å²) in [6.07, 6.45) is 3.66. The number of amides is 4. The van der Waals surface area contributed by atoms with Crippen molar-refractivity contribution in [2.75, 3.05) is 0 Å². The van der Waals surface area contributed by atoms with E-state index < -0.39 is 23.4 Å². The van der Waals surface area contributed by atoms with Crippen LogP contribution >= 0.6 is 0 Å². The van der Waals surface area contributed by atoms with Crippen molar-refractivity contribution in [3.05, 3.63) is 59.4 Å². The van der Waals surface area contributed by atoms with Crippen LogP contribution in [0.5, 0.6) is 0 Å². The van der Waals surface area contributed by atoms with E-state index in [9.17, 15) is 14.4 Å². The van der Waals surface area contributed by atoms with Crippen LogP contribution in [0.15, 0.2) is 42.6 Å². The van der Waals surface area contributed by atoms with E-state index in [0.29, 0.717) is 28.1 Å². The summed E-state index contributed by atoms with van der Waals surface area (Å²) in [5.74, 6) is -0.782. The smallest absolute Gasteiger partial charge is 0.318 e. The lowest BCUT2D eigenvalue weighted by atomic mass is 9.92. The van der Waals surface area contributed by atoms with Gasteiger partial charge in [0.2, 0.25) is 0 Å². The highest BCUT2D eigenvalue weighted by atomic mass is 16.2. The van der Waals surface area contributed by atoms with Crippen LogP contribution < -0.4 is 10.7 Å². The fourth-order valence-corrected chi connectivity index (χ4v) is 4.06. The van der Waals surface area contributed by atoms with E-state index in [1.165, 1.54) is 0 Å². The summed E-state index contributed by atoms with van der Waals surface area (Å²) in [7, 11) is 0. The van der Waals surface area contributed by atoms with Crippen LogP contribution in [0.25, 0.3) is 11.0 Å². The fourth-order valence-electron chi connectivity index (χ4n) is 4.06. The Morgan fingerprint density at radius 2 is 1.94 bits per heavy atom. The summed E-state index contributed by atoms with van der Waals surface area (Å²) in [6, 6.07) is 10.1. The summed E-state index contributed by atoms with van der Waals surface area (Å²) in [6.45, 7) is 5.61. The standard InChI is InChI=1S/C23H24N6O3/c1-13(2)28-19-17(12-24-28)16(11-18(25-19)14-9-10-14)20(30)27-29-21(31)23(3,26-22(29)32)15-7-5-4-6-8-15/h4-8,11-14H,9-10H2,1-3H3,(H,26,32)(H,27,30)/t23-/m0/s1. The number of benzene rings is 1. The molecule has 3 heterocycles. The van der Waals surface area contributed by atoms with E-state index >= 15 is 0 Å². The van der Waals surface area contributed by atoms with Crippen LogP contribution in [0.4, 0.5) is 4.79 Å². The third-order valence-corrected chi connectivity index (χ3v) is 6.07. The number of nitrogens with zero attached hydrogens (tertiary/aromatic N) is 4. The molecule has 2 aromatic heterocycles. The molecule has 164 valence electrons. The average molecular weight is 432 g/mol. The number of pyridine rings is 1. The van der Waals surface area contributed by atoms with Crippen LogP contribution in [0, 0.1) is 0 Å². The van der Waals surface area contributed by atoms with Gasteiger partial charge in [-0.1, -0.05) is 30.3 Å². The molecule has 9 nitrogen and oxygen atoms in total. The maximum absolute atomic E-state index is 13.3. The van der Waals surface area contributed by atoms with Gasteiger partial charge in [0.15, 0.2) is 5.65 Å². The molecule has 2 aliphatic rings. The number of urea groups is 1. The van der Waals surface area contributed by atoms with Crippen molar-refractivity contribution in [1.82, 2.24) is 30.5 Å². The Labute approximate surface area is 184 Å². The van der Waals surface area contributed by atoms with Crippen molar-refractivity contribution < 1.29 is 14.4 Å². The van der Waals surface area contributed by atoms with Gasteiger partial charge in [0.1, 0.15) is 5.54 Å². The zero-order valence-corrected chi connectivity index (χ0v) is 18.1. The Morgan fingerprint density at radius 3 is 2.59 bits per heavy atom. The number of nitrogens with one attached hydrogen (secondary N) is 2. The number of hydrazine groups is 1. The zero-order chi connectivity index (χ0) is 22.6. The second-order valence-electron chi connectivity index (χ2n) is 8.79. The van der Waals surface area contributed by atoms with Gasteiger partial charge < -0.3 is 5.32 Å². The molecule has 0 bridgehead atoms. The van der Waals surface area contributed by atoms with Crippen LogP contribution in [0.1, 0.15) is 67.2 Å². The Kier molecular flexibility index (Phi) is 4.51. The first-order valence-corrected chi connectivity index (χ1v) is 10.7. The molecule has 1 atom stereocenters. The minimum Gasteiger partial charge on any atom is -0.318 e. The minimum absolute atomic E-state index is 0.0721. The Hall–Kier alpha value is -3.75. The van der Waals surface area contributed by atoms with Gasteiger partial charge >= 0.3 is 6.03 Å². The molecule has 32 heavy (non-hydrogen) atoms. The van der Waals surface area contributed by atoms with Gasteiger partial charge in [0.05, 0.1) is 17.1 Å². The predicted molar refractivity (Wildman–Crippen MR) is 117 cm³/mol. The lowest BCUT2D eigenvalue weighted by Crippen LogP contribution is -2.48. The molecular formula is C23H24N6O3. The first kappa shape index (κ1) is 20.2. The van der Waals surface area contributed by atoms with E-state index in [4.69, 9.17) is 4.98 Å². The number of carbonyl (C=O) groups excluding carboxylic acids is 3. The van der Waals surface area contributed by atoms with E-state index in [1.54, 1.807) is 48.1 Å². The van der Waals surface area contributed by atoms with Crippen molar-refractivity contribution in [2.45, 2.75) is 51.1 Å². The Bertz CT molecular complexity index is 1250. The number of hydrogen-bond acceptors (Lipinski definition) is 5. The molecule has 1 aliphatic carbocycles. The first-order chi connectivity index (χ1) is 15.3. The van der Waals surface area contributed by atoms with Crippen LogP contribution in [0.2, 0.25) is 0 Å². The van der Waals surface area contributed by atoms with Crippen molar-refractivity contribution in [2.24, 2.45) is 0 Å². The second kappa shape index (κ2) is 7.15. The van der Waals surface area contributed by atoms with Gasteiger partial charge in [-0.25, -0.2) is 14.5 Å². The number of carbonyl (C=O) groups is 3. The highest BCUT2D eigenvalue weighted by Gasteiger charge is 2.50. The third-order valence-electron chi connectivity index (χ3n) is 6.07. The maximum Gasteiger partial charge on any atom is 0.344 e. The van der Waals surface area contributed by atoms with E-state index in [0.717, 1.165) is 23.5 Å². The van der Waals surface area contributed by atoms with Crippen LogP contribution in [-0.4, -0.2) is 37.6 Å². The molecule has 3 aromatic rings. The zero-order valence-electron chi connectivity index (χ0n) is 18.1. The molecule has 9 heteroatoms. The molecule has 1 aromatic carbocycles. The quantitative estimate of drug-likeness (QED) is 0.603. The summed E-state index contributed by atoms with van der Waals surface area (Å²) >= 11 is 0. The minimum atomic E-state index is -1.26. The molecule has 1 saturated heterocycles. The number of imide groups is 1. The summed E-state index contributed by atoms with van der Waals surface area (Å²) in [5, 5.41) is 8.43. The van der Waals surface area contributed by atoms with Crippen molar-refractivity contribution >= 4 is 28.9 Å². The number of fused-ring (bicyclic) bond motifs is 1.